The zero-order chi connectivity index (χ0) is 19.1. The van der Waals surface area contributed by atoms with Crippen LogP contribution in [0.4, 0.5) is 5.69 Å². The molecule has 0 bridgehead atoms. The molecule has 7 nitrogen and oxygen atoms in total. The first-order chi connectivity index (χ1) is 11.6. The molecule has 0 saturated heterocycles. The molecular weight excluding hydrogens is 412 g/mol. The first-order valence-electron chi connectivity index (χ1n) is 7.30. The number of halogens is 1. The lowest BCUT2D eigenvalue weighted by molar-refractivity contribution is 0.0696. The molecule has 0 unspecified atom stereocenters. The number of benzene rings is 1. The van der Waals surface area contributed by atoms with E-state index in [4.69, 9.17) is 0 Å². The second kappa shape index (κ2) is 6.64. The van der Waals surface area contributed by atoms with Gasteiger partial charge < -0.3 is 5.11 Å². The van der Waals surface area contributed by atoms with Gasteiger partial charge in [-0.05, 0) is 41.9 Å². The fraction of sp³-hybridized carbons (Fsp3) is 0.250. The Morgan fingerprint density at radius 1 is 1.40 bits per heavy atom. The smallest absolute Gasteiger partial charge is 0.335 e. The minimum Gasteiger partial charge on any atom is -0.478 e. The lowest BCUT2D eigenvalue weighted by Gasteiger charge is -2.22. The molecule has 1 N–H and O–H groups in total. The molecule has 0 fully saturated rings. The molecular formula is C16H17BrN2O5S. The third-order valence-corrected chi connectivity index (χ3v) is 6.31. The molecule has 0 atom stereocenters. The number of carbonyl (C=O) groups excluding carboxylic acids is 1. The van der Waals surface area contributed by atoms with Crippen LogP contribution in [0.3, 0.4) is 0 Å². The van der Waals surface area contributed by atoms with Crippen molar-refractivity contribution in [1.82, 2.24) is 4.57 Å². The van der Waals surface area contributed by atoms with E-state index in [1.165, 1.54) is 23.6 Å². The number of nitrogens with zero attached hydrogens (tertiary/aromatic N) is 2. The van der Waals surface area contributed by atoms with Gasteiger partial charge in [-0.1, -0.05) is 6.58 Å². The summed E-state index contributed by atoms with van der Waals surface area (Å²) in [6.07, 6.45) is 0. The van der Waals surface area contributed by atoms with Crippen molar-refractivity contribution in [3.8, 4) is 0 Å². The number of sulfonamides is 1. The molecule has 9 heteroatoms. The monoisotopic (exact) mass is 428 g/mol. The number of carboxylic acids is 1. The lowest BCUT2D eigenvalue weighted by atomic mass is 10.1. The van der Waals surface area contributed by atoms with Gasteiger partial charge in [0.15, 0.2) is 0 Å². The maximum Gasteiger partial charge on any atom is 0.335 e. The van der Waals surface area contributed by atoms with Crippen LogP contribution in [0.5, 0.6) is 0 Å². The lowest BCUT2D eigenvalue weighted by Crippen LogP contribution is -2.29. The molecule has 0 spiro atoms. The molecule has 0 saturated carbocycles. The second-order valence-electron chi connectivity index (χ2n) is 5.32. The molecule has 0 aliphatic rings. The van der Waals surface area contributed by atoms with Crippen LogP contribution in [0.2, 0.25) is 0 Å². The number of anilines is 1. The zero-order valence-corrected chi connectivity index (χ0v) is 16.3. The molecule has 1 heterocycles. The van der Waals surface area contributed by atoms with Crippen molar-refractivity contribution in [2.24, 2.45) is 0 Å². The summed E-state index contributed by atoms with van der Waals surface area (Å²) in [6.45, 7) is 8.06. The Labute approximate surface area is 153 Å². The standard InChI is InChI=1S/C16H17BrN2O5S/c1-5-18(25(23,24)6-2)12-7-11(16(21)22)8-13-14(12)15(17)9(3)19(13)10(4)20/h6-8H,2,5H2,1,3-4H3,(H,21,22). The molecule has 0 amide bonds. The Balaban J connectivity index is 3.06. The number of carboxylic acid groups (broad SMARTS) is 1. The Bertz CT molecular complexity index is 1010. The fourth-order valence-corrected chi connectivity index (χ4v) is 4.32. The van der Waals surface area contributed by atoms with Gasteiger partial charge in [0.25, 0.3) is 10.0 Å². The Hall–Kier alpha value is -2.13. The number of carbonyl (C=O) groups is 2. The molecule has 134 valence electrons. The fourth-order valence-electron chi connectivity index (χ4n) is 2.78. The van der Waals surface area contributed by atoms with E-state index in [0.717, 1.165) is 9.71 Å². The highest BCUT2D eigenvalue weighted by Crippen LogP contribution is 2.39. The third-order valence-electron chi connectivity index (χ3n) is 3.85. The predicted octanol–water partition coefficient (Wildman–Crippen LogP) is 3.37. The average Bonchev–Trinajstić information content (AvgIpc) is 2.79. The number of hydrogen-bond donors (Lipinski definition) is 1. The van der Waals surface area contributed by atoms with Crippen molar-refractivity contribution < 1.29 is 23.1 Å². The van der Waals surface area contributed by atoms with Crippen LogP contribution in [-0.4, -0.2) is 36.5 Å². The summed E-state index contributed by atoms with van der Waals surface area (Å²) in [4.78, 5) is 23.5. The molecule has 1 aromatic heterocycles. The number of hydrogen-bond acceptors (Lipinski definition) is 4. The highest BCUT2D eigenvalue weighted by molar-refractivity contribution is 9.10. The van der Waals surface area contributed by atoms with E-state index in [1.54, 1.807) is 13.8 Å². The van der Waals surface area contributed by atoms with Crippen LogP contribution in [0.1, 0.15) is 34.7 Å². The van der Waals surface area contributed by atoms with Crippen LogP contribution in [0, 0.1) is 6.92 Å². The van der Waals surface area contributed by atoms with E-state index >= 15 is 0 Å². The van der Waals surface area contributed by atoms with Crippen LogP contribution < -0.4 is 4.31 Å². The van der Waals surface area contributed by atoms with Gasteiger partial charge in [0.1, 0.15) is 0 Å². The summed E-state index contributed by atoms with van der Waals surface area (Å²) in [7, 11) is -3.85. The van der Waals surface area contributed by atoms with Gasteiger partial charge in [-0.3, -0.25) is 13.7 Å². The Kier molecular flexibility index (Phi) is 5.10. The topological polar surface area (TPSA) is 96.7 Å². The van der Waals surface area contributed by atoms with Gasteiger partial charge in [0.05, 0.1) is 16.8 Å². The van der Waals surface area contributed by atoms with E-state index in [2.05, 4.69) is 22.5 Å². The number of fused-ring (bicyclic) bond motifs is 1. The predicted molar refractivity (Wildman–Crippen MR) is 99.8 cm³/mol. The Morgan fingerprint density at radius 3 is 2.44 bits per heavy atom. The molecule has 2 aromatic rings. The first-order valence-corrected chi connectivity index (χ1v) is 9.60. The van der Waals surface area contributed by atoms with E-state index in [-0.39, 0.29) is 23.7 Å². The highest BCUT2D eigenvalue weighted by atomic mass is 79.9. The molecule has 2 rings (SSSR count). The first kappa shape index (κ1) is 19.2. The summed E-state index contributed by atoms with van der Waals surface area (Å²) in [5.74, 6) is -1.53. The second-order valence-corrected chi connectivity index (χ2v) is 7.92. The van der Waals surface area contributed by atoms with E-state index in [9.17, 15) is 23.1 Å². The van der Waals surface area contributed by atoms with Crippen molar-refractivity contribution in [3.63, 3.8) is 0 Å². The van der Waals surface area contributed by atoms with Crippen LogP contribution >= 0.6 is 15.9 Å². The molecule has 0 radical (unpaired) electrons. The quantitative estimate of drug-likeness (QED) is 0.786. The number of rotatable bonds is 5. The minimum atomic E-state index is -3.85. The summed E-state index contributed by atoms with van der Waals surface area (Å²) in [6, 6.07) is 2.64. The van der Waals surface area contributed by atoms with E-state index < -0.39 is 16.0 Å². The van der Waals surface area contributed by atoms with Gasteiger partial charge >= 0.3 is 5.97 Å². The summed E-state index contributed by atoms with van der Waals surface area (Å²) < 4.78 is 27.7. The summed E-state index contributed by atoms with van der Waals surface area (Å²) in [5.41, 5.74) is 0.933. The van der Waals surface area contributed by atoms with Gasteiger partial charge in [-0.2, -0.15) is 0 Å². The van der Waals surface area contributed by atoms with Crippen molar-refractivity contribution in [3.05, 3.63) is 39.8 Å². The van der Waals surface area contributed by atoms with Crippen LogP contribution in [0.25, 0.3) is 10.9 Å². The summed E-state index contributed by atoms with van der Waals surface area (Å²) >= 11 is 3.40. The van der Waals surface area contributed by atoms with Gasteiger partial charge in [0, 0.05) is 34.4 Å². The summed E-state index contributed by atoms with van der Waals surface area (Å²) in [5, 5.41) is 10.6. The number of aromatic carboxylic acids is 1. The maximum absolute atomic E-state index is 12.4. The van der Waals surface area contributed by atoms with Crippen molar-refractivity contribution >= 4 is 54.4 Å². The minimum absolute atomic E-state index is 0.0727. The normalized spacial score (nSPS) is 11.5. The third kappa shape index (κ3) is 3.09. The van der Waals surface area contributed by atoms with Gasteiger partial charge in [-0.25, -0.2) is 13.2 Å². The van der Waals surface area contributed by atoms with Gasteiger partial charge in [0.2, 0.25) is 5.91 Å². The zero-order valence-electron chi connectivity index (χ0n) is 13.9. The van der Waals surface area contributed by atoms with Crippen molar-refractivity contribution in [2.75, 3.05) is 10.8 Å². The average molecular weight is 429 g/mol. The van der Waals surface area contributed by atoms with Crippen molar-refractivity contribution in [1.29, 1.82) is 0 Å². The van der Waals surface area contributed by atoms with Crippen LogP contribution in [0.15, 0.2) is 28.6 Å². The molecule has 0 aliphatic heterocycles. The molecule has 0 aliphatic carbocycles. The van der Waals surface area contributed by atoms with Crippen molar-refractivity contribution in [2.45, 2.75) is 20.8 Å². The SMILES string of the molecule is C=CS(=O)(=O)N(CC)c1cc(C(=O)O)cc2c1c(Br)c(C)n2C(C)=O. The largest absolute Gasteiger partial charge is 0.478 e. The van der Waals surface area contributed by atoms with E-state index in [1.807, 2.05) is 0 Å². The van der Waals surface area contributed by atoms with E-state index in [0.29, 0.717) is 21.1 Å². The van der Waals surface area contributed by atoms with Gasteiger partial charge in [-0.15, -0.1) is 0 Å². The highest BCUT2D eigenvalue weighted by Gasteiger charge is 2.26. The number of aromatic nitrogens is 1. The molecule has 25 heavy (non-hydrogen) atoms. The van der Waals surface area contributed by atoms with Crippen LogP contribution in [-0.2, 0) is 10.0 Å². The maximum atomic E-state index is 12.4. The molecule has 1 aromatic carbocycles. The Morgan fingerprint density at radius 2 is 2.00 bits per heavy atom.